The molecule has 0 bridgehead atoms. The normalized spacial score (nSPS) is 10.9. The first-order valence-electron chi connectivity index (χ1n) is 7.58. The highest BCUT2D eigenvalue weighted by Gasteiger charge is 2.04. The van der Waals surface area contributed by atoms with Gasteiger partial charge in [0.2, 0.25) is 0 Å². The van der Waals surface area contributed by atoms with Crippen molar-refractivity contribution < 1.29 is 9.47 Å². The second-order valence-electron chi connectivity index (χ2n) is 4.51. The summed E-state index contributed by atoms with van der Waals surface area (Å²) in [6.45, 7) is 9.56. The molecule has 0 aliphatic heterocycles. The van der Waals surface area contributed by atoms with Gasteiger partial charge in [0, 0.05) is 0 Å². The third-order valence-corrected chi connectivity index (χ3v) is 2.79. The molecular formula is C17H27NO2. The van der Waals surface area contributed by atoms with E-state index in [0.717, 1.165) is 36.6 Å². The van der Waals surface area contributed by atoms with Crippen molar-refractivity contribution in [1.29, 1.82) is 0 Å². The van der Waals surface area contributed by atoms with Crippen molar-refractivity contribution in [2.45, 2.75) is 33.6 Å². The zero-order chi connectivity index (χ0) is 14.6. The Bertz CT molecular complexity index is 402. The van der Waals surface area contributed by atoms with Crippen LogP contribution in [-0.4, -0.2) is 26.3 Å². The van der Waals surface area contributed by atoms with E-state index in [1.807, 2.05) is 26.0 Å². The van der Waals surface area contributed by atoms with Crippen molar-refractivity contribution in [3.05, 3.63) is 29.8 Å². The Hall–Kier alpha value is -1.48. The number of hydrogen-bond donors (Lipinski definition) is 1. The molecule has 1 aromatic carbocycles. The van der Waals surface area contributed by atoms with Gasteiger partial charge in [0.1, 0.15) is 0 Å². The Morgan fingerprint density at radius 2 is 1.75 bits per heavy atom. The van der Waals surface area contributed by atoms with Crippen LogP contribution in [-0.2, 0) is 0 Å². The van der Waals surface area contributed by atoms with E-state index in [1.165, 1.54) is 6.42 Å². The van der Waals surface area contributed by atoms with Gasteiger partial charge < -0.3 is 14.8 Å². The van der Waals surface area contributed by atoms with Gasteiger partial charge in [-0.25, -0.2) is 0 Å². The minimum Gasteiger partial charge on any atom is -0.490 e. The Labute approximate surface area is 123 Å². The van der Waals surface area contributed by atoms with Gasteiger partial charge in [-0.3, -0.25) is 0 Å². The molecule has 3 heteroatoms. The smallest absolute Gasteiger partial charge is 0.161 e. The minimum absolute atomic E-state index is 0.647. The second-order valence-corrected chi connectivity index (χ2v) is 4.51. The van der Waals surface area contributed by atoms with E-state index in [4.69, 9.17) is 9.47 Å². The van der Waals surface area contributed by atoms with Gasteiger partial charge in [-0.1, -0.05) is 25.1 Å². The van der Waals surface area contributed by atoms with Crippen LogP contribution in [0.5, 0.6) is 11.5 Å². The molecule has 1 rings (SSSR count). The van der Waals surface area contributed by atoms with E-state index in [9.17, 15) is 0 Å². The lowest BCUT2D eigenvalue weighted by atomic mass is 10.1. The molecule has 0 atom stereocenters. The number of hydrogen-bond acceptors (Lipinski definition) is 3. The van der Waals surface area contributed by atoms with E-state index in [-0.39, 0.29) is 0 Å². The van der Waals surface area contributed by atoms with Gasteiger partial charge in [0.15, 0.2) is 11.5 Å². The molecule has 0 aliphatic rings. The summed E-state index contributed by atoms with van der Waals surface area (Å²) < 4.78 is 11.2. The predicted molar refractivity (Wildman–Crippen MR) is 85.6 cm³/mol. The van der Waals surface area contributed by atoms with E-state index in [0.29, 0.717) is 13.2 Å². The van der Waals surface area contributed by atoms with Gasteiger partial charge in [-0.15, -0.1) is 0 Å². The first-order valence-corrected chi connectivity index (χ1v) is 7.58. The highest BCUT2D eigenvalue weighted by atomic mass is 16.5. The molecule has 0 aromatic heterocycles. The van der Waals surface area contributed by atoms with Crippen LogP contribution in [0.4, 0.5) is 0 Å². The summed E-state index contributed by atoms with van der Waals surface area (Å²) in [6, 6.07) is 6.07. The maximum Gasteiger partial charge on any atom is 0.161 e. The van der Waals surface area contributed by atoms with Gasteiger partial charge in [0.25, 0.3) is 0 Å². The molecule has 0 saturated carbocycles. The van der Waals surface area contributed by atoms with Crippen molar-refractivity contribution in [3.63, 3.8) is 0 Å². The van der Waals surface area contributed by atoms with Gasteiger partial charge in [-0.2, -0.15) is 0 Å². The molecule has 1 aromatic rings. The molecule has 0 heterocycles. The van der Waals surface area contributed by atoms with E-state index in [2.05, 4.69) is 30.5 Å². The lowest BCUT2D eigenvalue weighted by molar-refractivity contribution is 0.287. The Morgan fingerprint density at radius 1 is 1.00 bits per heavy atom. The fourth-order valence-corrected chi connectivity index (χ4v) is 1.88. The fourth-order valence-electron chi connectivity index (χ4n) is 1.88. The molecule has 20 heavy (non-hydrogen) atoms. The topological polar surface area (TPSA) is 30.5 Å². The van der Waals surface area contributed by atoms with Crippen molar-refractivity contribution in [3.8, 4) is 11.5 Å². The predicted octanol–water partition coefficient (Wildman–Crippen LogP) is 3.89. The monoisotopic (exact) mass is 277 g/mol. The van der Waals surface area contributed by atoms with Crippen LogP contribution in [0.2, 0.25) is 0 Å². The van der Waals surface area contributed by atoms with Crippen LogP contribution in [0.3, 0.4) is 0 Å². The van der Waals surface area contributed by atoms with Crippen LogP contribution in [0.25, 0.3) is 6.08 Å². The van der Waals surface area contributed by atoms with Gasteiger partial charge in [-0.05, 0) is 57.5 Å². The van der Waals surface area contributed by atoms with Crippen molar-refractivity contribution in [2.24, 2.45) is 0 Å². The summed E-state index contributed by atoms with van der Waals surface area (Å²) in [5, 5.41) is 3.38. The summed E-state index contributed by atoms with van der Waals surface area (Å²) in [5.74, 6) is 1.64. The first-order chi connectivity index (χ1) is 9.81. The van der Waals surface area contributed by atoms with Crippen LogP contribution in [0.15, 0.2) is 24.3 Å². The average molecular weight is 277 g/mol. The molecule has 0 radical (unpaired) electrons. The summed E-state index contributed by atoms with van der Waals surface area (Å²) in [4.78, 5) is 0. The maximum atomic E-state index is 5.62. The molecule has 0 unspecified atom stereocenters. The van der Waals surface area contributed by atoms with Gasteiger partial charge in [0.05, 0.1) is 13.2 Å². The summed E-state index contributed by atoms with van der Waals surface area (Å²) in [7, 11) is 0. The number of rotatable bonds is 10. The molecule has 112 valence electrons. The van der Waals surface area contributed by atoms with E-state index in [1.54, 1.807) is 0 Å². The molecule has 0 fully saturated rings. The number of benzene rings is 1. The lowest BCUT2D eigenvalue weighted by Gasteiger charge is -2.11. The standard InChI is InChI=1S/C17H27NO2/c1-4-12-18-13-8-7-9-15-10-11-16(19-5-2)17(14-15)20-6-3/h7,9-11,14,18H,4-6,8,12-13H2,1-3H3. The Balaban J connectivity index is 2.57. The summed E-state index contributed by atoms with van der Waals surface area (Å²) in [6.07, 6.45) is 6.54. The van der Waals surface area contributed by atoms with E-state index < -0.39 is 0 Å². The Morgan fingerprint density at radius 3 is 2.45 bits per heavy atom. The molecule has 3 nitrogen and oxygen atoms in total. The number of nitrogens with one attached hydrogen (secondary N) is 1. The average Bonchev–Trinajstić information content (AvgIpc) is 2.46. The van der Waals surface area contributed by atoms with Crippen molar-refractivity contribution >= 4 is 6.08 Å². The van der Waals surface area contributed by atoms with Crippen LogP contribution < -0.4 is 14.8 Å². The molecule has 1 N–H and O–H groups in total. The highest BCUT2D eigenvalue weighted by Crippen LogP contribution is 2.28. The SMILES string of the molecule is CCCNCCC=Cc1ccc(OCC)c(OCC)c1. The fraction of sp³-hybridized carbons (Fsp3) is 0.529. The highest BCUT2D eigenvalue weighted by molar-refractivity contribution is 5.55. The zero-order valence-corrected chi connectivity index (χ0v) is 12.9. The third kappa shape index (κ3) is 6.11. The van der Waals surface area contributed by atoms with Gasteiger partial charge >= 0.3 is 0 Å². The molecular weight excluding hydrogens is 250 g/mol. The lowest BCUT2D eigenvalue weighted by Crippen LogP contribution is -2.14. The van der Waals surface area contributed by atoms with Crippen LogP contribution >= 0.6 is 0 Å². The zero-order valence-electron chi connectivity index (χ0n) is 12.9. The second kappa shape index (κ2) is 10.3. The molecule has 0 amide bonds. The first kappa shape index (κ1) is 16.6. The largest absolute Gasteiger partial charge is 0.490 e. The molecule has 0 spiro atoms. The Kier molecular flexibility index (Phi) is 8.56. The van der Waals surface area contributed by atoms with Crippen molar-refractivity contribution in [1.82, 2.24) is 5.32 Å². The van der Waals surface area contributed by atoms with Crippen LogP contribution in [0, 0.1) is 0 Å². The quantitative estimate of drug-likeness (QED) is 0.658. The molecule has 0 saturated heterocycles. The molecule has 0 aliphatic carbocycles. The van der Waals surface area contributed by atoms with E-state index >= 15 is 0 Å². The summed E-state index contributed by atoms with van der Waals surface area (Å²) in [5.41, 5.74) is 1.15. The van der Waals surface area contributed by atoms with Crippen LogP contribution in [0.1, 0.15) is 39.2 Å². The minimum atomic E-state index is 0.647. The third-order valence-electron chi connectivity index (χ3n) is 2.79. The maximum absolute atomic E-state index is 5.62. The van der Waals surface area contributed by atoms with Crippen molar-refractivity contribution in [2.75, 3.05) is 26.3 Å². The number of ether oxygens (including phenoxy) is 2. The summed E-state index contributed by atoms with van der Waals surface area (Å²) >= 11 is 0.